The van der Waals surface area contributed by atoms with Crippen LogP contribution >= 0.6 is 0 Å². The average molecular weight is 269 g/mol. The fourth-order valence-corrected chi connectivity index (χ4v) is 3.72. The number of aryl methyl sites for hydroxylation is 1. The van der Waals surface area contributed by atoms with Gasteiger partial charge in [-0.15, -0.1) is 0 Å². The molecule has 100 valence electrons. The lowest BCUT2D eigenvalue weighted by molar-refractivity contribution is 0.223. The molecule has 0 atom stereocenters. The minimum absolute atomic E-state index is 0.237. The predicted molar refractivity (Wildman–Crippen MR) is 70.4 cm³/mol. The minimum atomic E-state index is -3.52. The normalized spacial score (nSPS) is 22.1. The van der Waals surface area contributed by atoms with Crippen molar-refractivity contribution in [3.63, 3.8) is 0 Å². The van der Waals surface area contributed by atoms with Crippen molar-refractivity contribution in [2.45, 2.75) is 32.2 Å². The van der Waals surface area contributed by atoms with Gasteiger partial charge in [0.25, 0.3) is 0 Å². The van der Waals surface area contributed by atoms with Crippen LogP contribution in [0.15, 0.2) is 30.3 Å². The highest BCUT2D eigenvalue weighted by Crippen LogP contribution is 2.28. The van der Waals surface area contributed by atoms with E-state index in [1.807, 2.05) is 32.0 Å². The largest absolute Gasteiger partial charge is 0.339 e. The summed E-state index contributed by atoms with van der Waals surface area (Å²) in [6, 6.07) is 10.1. The van der Waals surface area contributed by atoms with Crippen molar-refractivity contribution >= 4 is 10.3 Å². The molecule has 0 saturated carbocycles. The van der Waals surface area contributed by atoms with Crippen LogP contribution in [0.25, 0.3) is 0 Å². The van der Waals surface area contributed by atoms with Crippen molar-refractivity contribution in [2.75, 3.05) is 13.2 Å². The topological polar surface area (TPSA) is 46.6 Å². The number of hydrogen-bond acceptors (Lipinski definition) is 3. The zero-order valence-corrected chi connectivity index (χ0v) is 11.6. The fourth-order valence-electron chi connectivity index (χ4n) is 2.14. The molecular formula is C13H19NO3S. The van der Waals surface area contributed by atoms with Gasteiger partial charge in [-0.25, -0.2) is 0 Å². The maximum Gasteiger partial charge on any atom is 0.339 e. The van der Waals surface area contributed by atoms with Crippen LogP contribution in [-0.2, 0) is 20.9 Å². The van der Waals surface area contributed by atoms with Gasteiger partial charge in [0, 0.05) is 6.54 Å². The molecule has 1 fully saturated rings. The summed E-state index contributed by atoms with van der Waals surface area (Å²) < 4.78 is 29.8. The van der Waals surface area contributed by atoms with Crippen molar-refractivity contribution in [3.8, 4) is 0 Å². The quantitative estimate of drug-likeness (QED) is 0.839. The molecule has 1 aromatic carbocycles. The van der Waals surface area contributed by atoms with E-state index in [2.05, 4.69) is 12.1 Å². The third-order valence-electron chi connectivity index (χ3n) is 3.18. The molecule has 1 aromatic rings. The van der Waals surface area contributed by atoms with Gasteiger partial charge in [-0.1, -0.05) is 30.3 Å². The van der Waals surface area contributed by atoms with E-state index in [4.69, 9.17) is 4.18 Å². The molecule has 1 heterocycles. The third-order valence-corrected chi connectivity index (χ3v) is 4.81. The van der Waals surface area contributed by atoms with Crippen LogP contribution in [0.2, 0.25) is 0 Å². The second-order valence-corrected chi connectivity index (χ2v) is 6.73. The highest BCUT2D eigenvalue weighted by molar-refractivity contribution is 7.84. The lowest BCUT2D eigenvalue weighted by Crippen LogP contribution is -2.42. The van der Waals surface area contributed by atoms with E-state index < -0.39 is 15.8 Å². The van der Waals surface area contributed by atoms with Crippen LogP contribution in [0.3, 0.4) is 0 Å². The Bertz CT molecular complexity index is 496. The predicted octanol–water partition coefficient (Wildman–Crippen LogP) is 1.97. The molecule has 1 aliphatic rings. The summed E-state index contributed by atoms with van der Waals surface area (Å²) >= 11 is 0. The van der Waals surface area contributed by atoms with Crippen molar-refractivity contribution in [3.05, 3.63) is 35.9 Å². The maximum atomic E-state index is 11.7. The molecule has 1 saturated heterocycles. The first kappa shape index (κ1) is 13.5. The van der Waals surface area contributed by atoms with E-state index in [1.165, 1.54) is 9.87 Å². The Hall–Kier alpha value is -0.910. The molecular weight excluding hydrogens is 250 g/mol. The Morgan fingerprint density at radius 3 is 2.50 bits per heavy atom. The molecule has 0 N–H and O–H groups in total. The number of benzene rings is 1. The van der Waals surface area contributed by atoms with Gasteiger partial charge < -0.3 is 0 Å². The molecule has 18 heavy (non-hydrogen) atoms. The van der Waals surface area contributed by atoms with Gasteiger partial charge >= 0.3 is 10.3 Å². The van der Waals surface area contributed by atoms with E-state index in [-0.39, 0.29) is 6.61 Å². The molecule has 2 rings (SSSR count). The van der Waals surface area contributed by atoms with Gasteiger partial charge in [0.15, 0.2) is 0 Å². The second kappa shape index (κ2) is 4.99. The number of rotatable bonds is 4. The van der Waals surface area contributed by atoms with E-state index in [0.29, 0.717) is 6.54 Å². The Labute approximate surface area is 109 Å². The van der Waals surface area contributed by atoms with Crippen LogP contribution in [0.4, 0.5) is 0 Å². The first-order valence-electron chi connectivity index (χ1n) is 6.13. The number of hydrogen-bond donors (Lipinski definition) is 0. The zero-order chi connectivity index (χ0) is 13.2. The Morgan fingerprint density at radius 2 is 1.94 bits per heavy atom. The standard InChI is InChI=1S/C13H19NO3S/c1-13(2)11-17-18(15,16)14(13)10-6-9-12-7-4-3-5-8-12/h3-5,7-8H,6,9-11H2,1-2H3. The summed E-state index contributed by atoms with van der Waals surface area (Å²) in [5, 5.41) is 0. The molecule has 0 aliphatic carbocycles. The van der Waals surface area contributed by atoms with Crippen LogP contribution in [0.5, 0.6) is 0 Å². The molecule has 0 aromatic heterocycles. The Balaban J connectivity index is 1.94. The molecule has 0 spiro atoms. The van der Waals surface area contributed by atoms with Gasteiger partial charge in [-0.2, -0.15) is 12.7 Å². The molecule has 0 radical (unpaired) electrons. The Kier molecular flexibility index (Phi) is 3.75. The summed E-state index contributed by atoms with van der Waals surface area (Å²) in [4.78, 5) is 0. The van der Waals surface area contributed by atoms with Gasteiger partial charge in [0.05, 0.1) is 12.1 Å². The smallest absolute Gasteiger partial charge is 0.256 e. The van der Waals surface area contributed by atoms with Crippen LogP contribution in [-0.4, -0.2) is 31.4 Å². The summed E-state index contributed by atoms with van der Waals surface area (Å²) in [7, 11) is -3.52. The van der Waals surface area contributed by atoms with Gasteiger partial charge in [0.2, 0.25) is 0 Å². The monoisotopic (exact) mass is 269 g/mol. The molecule has 1 aliphatic heterocycles. The SMILES string of the molecule is CC1(C)COS(=O)(=O)N1CCCc1ccccc1. The van der Waals surface area contributed by atoms with Crippen molar-refractivity contribution in [1.29, 1.82) is 0 Å². The Morgan fingerprint density at radius 1 is 1.28 bits per heavy atom. The zero-order valence-electron chi connectivity index (χ0n) is 10.8. The van der Waals surface area contributed by atoms with Gasteiger partial charge in [-0.3, -0.25) is 4.18 Å². The summed E-state index contributed by atoms with van der Waals surface area (Å²) in [6.45, 7) is 4.52. The highest BCUT2D eigenvalue weighted by Gasteiger charge is 2.44. The number of nitrogens with zero attached hydrogens (tertiary/aromatic N) is 1. The molecule has 0 amide bonds. The van der Waals surface area contributed by atoms with Crippen LogP contribution < -0.4 is 0 Å². The lowest BCUT2D eigenvalue weighted by Gasteiger charge is -2.26. The minimum Gasteiger partial charge on any atom is -0.256 e. The average Bonchev–Trinajstić information content (AvgIpc) is 2.53. The molecule has 0 bridgehead atoms. The second-order valence-electron chi connectivity index (χ2n) is 5.19. The van der Waals surface area contributed by atoms with E-state index >= 15 is 0 Å². The van der Waals surface area contributed by atoms with E-state index in [0.717, 1.165) is 12.8 Å². The maximum absolute atomic E-state index is 11.7. The lowest BCUT2D eigenvalue weighted by atomic mass is 10.1. The molecule has 0 unspecified atom stereocenters. The third kappa shape index (κ3) is 2.91. The molecule has 4 nitrogen and oxygen atoms in total. The summed E-state index contributed by atoms with van der Waals surface area (Å²) in [5.74, 6) is 0. The van der Waals surface area contributed by atoms with Crippen LogP contribution in [0.1, 0.15) is 25.8 Å². The fraction of sp³-hybridized carbons (Fsp3) is 0.538. The first-order valence-corrected chi connectivity index (χ1v) is 7.49. The summed E-state index contributed by atoms with van der Waals surface area (Å²) in [6.07, 6.45) is 1.68. The van der Waals surface area contributed by atoms with Gasteiger partial charge in [0.1, 0.15) is 0 Å². The highest BCUT2D eigenvalue weighted by atomic mass is 32.2. The van der Waals surface area contributed by atoms with Crippen LogP contribution in [0, 0.1) is 0 Å². The van der Waals surface area contributed by atoms with Gasteiger partial charge in [-0.05, 0) is 32.3 Å². The van der Waals surface area contributed by atoms with E-state index in [9.17, 15) is 8.42 Å². The summed E-state index contributed by atoms with van der Waals surface area (Å²) in [5.41, 5.74) is 0.794. The van der Waals surface area contributed by atoms with Crippen molar-refractivity contribution < 1.29 is 12.6 Å². The first-order chi connectivity index (χ1) is 8.42. The van der Waals surface area contributed by atoms with E-state index in [1.54, 1.807) is 0 Å². The van der Waals surface area contributed by atoms with Crippen molar-refractivity contribution in [2.24, 2.45) is 0 Å². The van der Waals surface area contributed by atoms with Crippen molar-refractivity contribution in [1.82, 2.24) is 4.31 Å². The molecule has 5 heteroatoms.